The summed E-state index contributed by atoms with van der Waals surface area (Å²) in [4.78, 5) is 0.959. The lowest BCUT2D eigenvalue weighted by Gasteiger charge is -2.26. The Hall–Kier alpha value is -2.31. The zero-order chi connectivity index (χ0) is 19.0. The summed E-state index contributed by atoms with van der Waals surface area (Å²) < 4.78 is 40.8. The van der Waals surface area contributed by atoms with Gasteiger partial charge in [0.05, 0.1) is 27.9 Å². The lowest BCUT2D eigenvalue weighted by atomic mass is 9.95. The predicted octanol–water partition coefficient (Wildman–Crippen LogP) is 6.78. The van der Waals surface area contributed by atoms with Crippen LogP contribution < -0.4 is 5.01 Å². The molecule has 0 aliphatic carbocycles. The molecule has 1 aromatic heterocycles. The molecule has 1 aliphatic heterocycles. The van der Waals surface area contributed by atoms with Crippen LogP contribution in [0.5, 0.6) is 0 Å². The summed E-state index contributed by atoms with van der Waals surface area (Å²) in [7, 11) is 0. The van der Waals surface area contributed by atoms with Gasteiger partial charge >= 0.3 is 6.18 Å². The fourth-order valence-corrected chi connectivity index (χ4v) is 4.07. The molecule has 3 aromatic rings. The van der Waals surface area contributed by atoms with E-state index >= 15 is 0 Å². The number of halogens is 4. The van der Waals surface area contributed by atoms with E-state index in [9.17, 15) is 13.2 Å². The smallest absolute Gasteiger partial charge is 0.257 e. The SMILES string of the molecule is FC(F)(F)c1ccccc1[C@@H]1CC(c2cccs2)=NN1c1ccc(Cl)cc1. The molecule has 0 radical (unpaired) electrons. The number of thiophene rings is 1. The molecule has 0 N–H and O–H groups in total. The molecule has 7 heteroatoms. The molecule has 0 bridgehead atoms. The number of benzene rings is 2. The van der Waals surface area contributed by atoms with Gasteiger partial charge in [0.1, 0.15) is 0 Å². The molecule has 0 saturated heterocycles. The number of hydrogen-bond acceptors (Lipinski definition) is 3. The van der Waals surface area contributed by atoms with Gasteiger partial charge in [-0.1, -0.05) is 35.9 Å². The minimum absolute atomic E-state index is 0.218. The molecule has 138 valence electrons. The predicted molar refractivity (Wildman–Crippen MR) is 104 cm³/mol. The lowest BCUT2D eigenvalue weighted by Crippen LogP contribution is -2.22. The fourth-order valence-electron chi connectivity index (χ4n) is 3.22. The molecule has 2 nitrogen and oxygen atoms in total. The Morgan fingerprint density at radius 2 is 1.74 bits per heavy atom. The van der Waals surface area contributed by atoms with Crippen LogP contribution in [0.1, 0.15) is 28.5 Å². The van der Waals surface area contributed by atoms with Crippen LogP contribution in [-0.2, 0) is 6.18 Å². The van der Waals surface area contributed by atoms with Crippen LogP contribution >= 0.6 is 22.9 Å². The zero-order valence-electron chi connectivity index (χ0n) is 13.9. The van der Waals surface area contributed by atoms with Gasteiger partial charge < -0.3 is 0 Å². The van der Waals surface area contributed by atoms with Gasteiger partial charge in [-0.05, 0) is 47.3 Å². The number of hydrazone groups is 1. The van der Waals surface area contributed by atoms with E-state index in [1.165, 1.54) is 23.5 Å². The molecule has 4 rings (SSSR count). The monoisotopic (exact) mass is 406 g/mol. The largest absolute Gasteiger partial charge is 0.416 e. The van der Waals surface area contributed by atoms with Gasteiger partial charge in [0.15, 0.2) is 0 Å². The Kier molecular flexibility index (Phi) is 4.70. The maximum atomic E-state index is 13.6. The summed E-state index contributed by atoms with van der Waals surface area (Å²) in [5, 5.41) is 8.82. The van der Waals surface area contributed by atoms with Gasteiger partial charge in [-0.2, -0.15) is 18.3 Å². The highest BCUT2D eigenvalue weighted by Crippen LogP contribution is 2.42. The number of alkyl halides is 3. The Morgan fingerprint density at radius 3 is 2.41 bits per heavy atom. The van der Waals surface area contributed by atoms with Crippen molar-refractivity contribution in [1.82, 2.24) is 0 Å². The van der Waals surface area contributed by atoms with E-state index in [-0.39, 0.29) is 5.56 Å². The van der Waals surface area contributed by atoms with Crippen molar-refractivity contribution in [1.29, 1.82) is 0 Å². The van der Waals surface area contributed by atoms with Crippen molar-refractivity contribution in [3.63, 3.8) is 0 Å². The summed E-state index contributed by atoms with van der Waals surface area (Å²) >= 11 is 7.49. The third-order valence-corrected chi connectivity index (χ3v) is 5.60. The second kappa shape index (κ2) is 7.02. The molecule has 0 unspecified atom stereocenters. The number of hydrogen-bond donors (Lipinski definition) is 0. The maximum Gasteiger partial charge on any atom is 0.416 e. The minimum Gasteiger partial charge on any atom is -0.257 e. The first-order valence-electron chi connectivity index (χ1n) is 8.26. The molecule has 2 heterocycles. The highest BCUT2D eigenvalue weighted by Gasteiger charge is 2.39. The van der Waals surface area contributed by atoms with E-state index in [1.54, 1.807) is 35.3 Å². The van der Waals surface area contributed by atoms with Crippen molar-refractivity contribution in [3.8, 4) is 0 Å². The van der Waals surface area contributed by atoms with Crippen LogP contribution in [0.25, 0.3) is 0 Å². The summed E-state index contributed by atoms with van der Waals surface area (Å²) in [5.74, 6) is 0. The van der Waals surface area contributed by atoms with Gasteiger partial charge in [-0.3, -0.25) is 5.01 Å². The highest BCUT2D eigenvalue weighted by atomic mass is 35.5. The van der Waals surface area contributed by atoms with E-state index in [0.717, 1.165) is 16.7 Å². The summed E-state index contributed by atoms with van der Waals surface area (Å²) in [6, 6.07) is 16.0. The summed E-state index contributed by atoms with van der Waals surface area (Å²) in [6.07, 6.45) is -4.02. The van der Waals surface area contributed by atoms with E-state index in [0.29, 0.717) is 17.1 Å². The van der Waals surface area contributed by atoms with Crippen LogP contribution in [0, 0.1) is 0 Å². The third-order valence-electron chi connectivity index (χ3n) is 4.43. The molecule has 27 heavy (non-hydrogen) atoms. The van der Waals surface area contributed by atoms with Gasteiger partial charge in [0, 0.05) is 11.4 Å². The van der Waals surface area contributed by atoms with E-state index < -0.39 is 17.8 Å². The Bertz CT molecular complexity index is 966. The van der Waals surface area contributed by atoms with Gasteiger partial charge in [-0.25, -0.2) is 0 Å². The average Bonchev–Trinajstić information content (AvgIpc) is 3.31. The quantitative estimate of drug-likeness (QED) is 0.468. The van der Waals surface area contributed by atoms with E-state index in [2.05, 4.69) is 5.10 Å². The minimum atomic E-state index is -4.42. The first-order valence-corrected chi connectivity index (χ1v) is 9.51. The number of anilines is 1. The van der Waals surface area contributed by atoms with Gasteiger partial charge in [0.25, 0.3) is 0 Å². The summed E-state index contributed by atoms with van der Waals surface area (Å²) in [5.41, 5.74) is 1.07. The van der Waals surface area contributed by atoms with E-state index in [1.807, 2.05) is 17.5 Å². The Morgan fingerprint density at radius 1 is 1.00 bits per heavy atom. The average molecular weight is 407 g/mol. The Balaban J connectivity index is 1.81. The molecule has 0 amide bonds. The van der Waals surface area contributed by atoms with Crippen molar-refractivity contribution in [2.24, 2.45) is 5.10 Å². The van der Waals surface area contributed by atoms with Crippen molar-refractivity contribution in [2.45, 2.75) is 18.6 Å². The topological polar surface area (TPSA) is 15.6 Å². The zero-order valence-corrected chi connectivity index (χ0v) is 15.5. The normalized spacial score (nSPS) is 17.3. The van der Waals surface area contributed by atoms with Gasteiger partial charge in [-0.15, -0.1) is 11.3 Å². The molecule has 1 atom stereocenters. The number of nitrogens with zero attached hydrogens (tertiary/aromatic N) is 2. The van der Waals surface area contributed by atoms with Crippen molar-refractivity contribution in [3.05, 3.63) is 87.1 Å². The van der Waals surface area contributed by atoms with Crippen LogP contribution in [0.2, 0.25) is 5.02 Å². The first kappa shape index (κ1) is 18.1. The Labute approximate surface area is 163 Å². The molecule has 0 fully saturated rings. The third kappa shape index (κ3) is 3.59. The lowest BCUT2D eigenvalue weighted by molar-refractivity contribution is -0.138. The summed E-state index contributed by atoms with van der Waals surface area (Å²) in [6.45, 7) is 0. The second-order valence-electron chi connectivity index (χ2n) is 6.15. The number of rotatable bonds is 3. The maximum absolute atomic E-state index is 13.6. The molecule has 1 aliphatic rings. The second-order valence-corrected chi connectivity index (χ2v) is 7.53. The molecular weight excluding hydrogens is 393 g/mol. The van der Waals surface area contributed by atoms with Crippen LogP contribution in [0.3, 0.4) is 0 Å². The first-order chi connectivity index (χ1) is 12.9. The van der Waals surface area contributed by atoms with Crippen LogP contribution in [0.4, 0.5) is 18.9 Å². The van der Waals surface area contributed by atoms with Crippen LogP contribution in [-0.4, -0.2) is 5.71 Å². The van der Waals surface area contributed by atoms with Crippen molar-refractivity contribution in [2.75, 3.05) is 5.01 Å². The van der Waals surface area contributed by atoms with E-state index in [4.69, 9.17) is 11.6 Å². The van der Waals surface area contributed by atoms with Crippen LogP contribution in [0.15, 0.2) is 71.1 Å². The highest BCUT2D eigenvalue weighted by molar-refractivity contribution is 7.12. The fraction of sp³-hybridized carbons (Fsp3) is 0.150. The molecule has 0 saturated carbocycles. The molecular formula is C20H14ClF3N2S. The van der Waals surface area contributed by atoms with Crippen molar-refractivity contribution < 1.29 is 13.2 Å². The standard InChI is InChI=1S/C20H14ClF3N2S/c21-13-7-9-14(10-8-13)26-18(12-17(25-26)19-6-3-11-27-19)15-4-1-2-5-16(15)20(22,23)24/h1-11,18H,12H2/t18-/m0/s1. The molecule has 2 aromatic carbocycles. The van der Waals surface area contributed by atoms with Crippen molar-refractivity contribution >= 4 is 34.3 Å². The molecule has 0 spiro atoms. The van der Waals surface area contributed by atoms with Gasteiger partial charge in [0.2, 0.25) is 0 Å².